The van der Waals surface area contributed by atoms with E-state index in [9.17, 15) is 4.79 Å². The molecule has 0 radical (unpaired) electrons. The molecule has 0 heterocycles. The molecule has 0 aromatic carbocycles. The van der Waals surface area contributed by atoms with E-state index in [2.05, 4.69) is 0 Å². The minimum absolute atomic E-state index is 0.0420. The molecule has 0 saturated heterocycles. The van der Waals surface area contributed by atoms with Crippen LogP contribution in [-0.2, 0) is 4.79 Å². The molecule has 0 aliphatic heterocycles. The van der Waals surface area contributed by atoms with Crippen LogP contribution in [0, 0.1) is 5.41 Å². The summed E-state index contributed by atoms with van der Waals surface area (Å²) in [6.45, 7) is 3.67. The summed E-state index contributed by atoms with van der Waals surface area (Å²) < 4.78 is 0. The standard InChI is InChI=1S/C8H12O2/c1-6-3-7(10)8(2,4-6)5-9/h3,9H,4-5H2,1-2H3. The monoisotopic (exact) mass is 140 g/mol. The van der Waals surface area contributed by atoms with Crippen molar-refractivity contribution in [2.45, 2.75) is 20.3 Å². The Morgan fingerprint density at radius 2 is 2.40 bits per heavy atom. The molecule has 0 aromatic rings. The molecule has 0 bridgehead atoms. The van der Waals surface area contributed by atoms with E-state index in [0.717, 1.165) is 5.57 Å². The summed E-state index contributed by atoms with van der Waals surface area (Å²) in [5.74, 6) is 0.0625. The highest BCUT2D eigenvalue weighted by Crippen LogP contribution is 2.32. The Hall–Kier alpha value is -0.630. The summed E-state index contributed by atoms with van der Waals surface area (Å²) >= 11 is 0. The topological polar surface area (TPSA) is 37.3 Å². The van der Waals surface area contributed by atoms with Gasteiger partial charge in [0.2, 0.25) is 0 Å². The quantitative estimate of drug-likeness (QED) is 0.587. The highest BCUT2D eigenvalue weighted by Gasteiger charge is 2.35. The largest absolute Gasteiger partial charge is 0.395 e. The van der Waals surface area contributed by atoms with Crippen LogP contribution >= 0.6 is 0 Å². The van der Waals surface area contributed by atoms with E-state index >= 15 is 0 Å². The summed E-state index contributed by atoms with van der Waals surface area (Å²) in [6.07, 6.45) is 2.33. The van der Waals surface area contributed by atoms with Crippen LogP contribution in [0.1, 0.15) is 20.3 Å². The van der Waals surface area contributed by atoms with E-state index in [0.29, 0.717) is 6.42 Å². The van der Waals surface area contributed by atoms with Crippen LogP contribution < -0.4 is 0 Å². The van der Waals surface area contributed by atoms with Crippen molar-refractivity contribution in [3.8, 4) is 0 Å². The molecule has 0 amide bonds. The predicted molar refractivity (Wildman–Crippen MR) is 38.6 cm³/mol. The molecular formula is C8H12O2. The minimum Gasteiger partial charge on any atom is -0.395 e. The molecule has 0 saturated carbocycles. The lowest BCUT2D eigenvalue weighted by atomic mass is 9.87. The summed E-state index contributed by atoms with van der Waals surface area (Å²) in [5.41, 5.74) is 0.561. The summed E-state index contributed by atoms with van der Waals surface area (Å²) in [4.78, 5) is 11.1. The third kappa shape index (κ3) is 0.991. The zero-order valence-corrected chi connectivity index (χ0v) is 6.35. The zero-order valence-electron chi connectivity index (χ0n) is 6.35. The van der Waals surface area contributed by atoms with E-state index in [1.807, 2.05) is 6.92 Å². The second-order valence-electron chi connectivity index (χ2n) is 3.25. The fourth-order valence-electron chi connectivity index (χ4n) is 1.29. The van der Waals surface area contributed by atoms with Crippen molar-refractivity contribution in [2.24, 2.45) is 5.41 Å². The number of carbonyl (C=O) groups excluding carboxylic acids is 1. The second-order valence-corrected chi connectivity index (χ2v) is 3.25. The van der Waals surface area contributed by atoms with Gasteiger partial charge in [0.25, 0.3) is 0 Å². The fraction of sp³-hybridized carbons (Fsp3) is 0.625. The summed E-state index contributed by atoms with van der Waals surface area (Å²) in [5, 5.41) is 8.86. The van der Waals surface area contributed by atoms with Gasteiger partial charge in [0, 0.05) is 0 Å². The second kappa shape index (κ2) is 2.20. The fourth-order valence-corrected chi connectivity index (χ4v) is 1.29. The number of hydrogen-bond acceptors (Lipinski definition) is 2. The van der Waals surface area contributed by atoms with Crippen LogP contribution in [0.5, 0.6) is 0 Å². The molecule has 1 aliphatic rings. The number of rotatable bonds is 1. The predicted octanol–water partition coefficient (Wildman–Crippen LogP) is 0.904. The highest BCUT2D eigenvalue weighted by molar-refractivity contribution is 5.97. The number of hydrogen-bond donors (Lipinski definition) is 1. The molecule has 0 fully saturated rings. The van der Waals surface area contributed by atoms with Crippen LogP contribution in [-0.4, -0.2) is 17.5 Å². The Morgan fingerprint density at radius 3 is 2.60 bits per heavy atom. The molecule has 1 unspecified atom stereocenters. The van der Waals surface area contributed by atoms with Crippen molar-refractivity contribution in [1.29, 1.82) is 0 Å². The lowest BCUT2D eigenvalue weighted by Gasteiger charge is -2.17. The third-order valence-corrected chi connectivity index (χ3v) is 1.99. The molecule has 56 valence electrons. The first-order valence-electron chi connectivity index (χ1n) is 3.41. The smallest absolute Gasteiger partial charge is 0.164 e. The molecule has 1 aliphatic carbocycles. The van der Waals surface area contributed by atoms with Crippen molar-refractivity contribution >= 4 is 5.78 Å². The Labute approximate surface area is 60.6 Å². The molecule has 2 heteroatoms. The van der Waals surface area contributed by atoms with Crippen LogP contribution in [0.2, 0.25) is 0 Å². The van der Waals surface area contributed by atoms with Gasteiger partial charge >= 0.3 is 0 Å². The number of aliphatic hydroxyl groups is 1. The average molecular weight is 140 g/mol. The van der Waals surface area contributed by atoms with Gasteiger partial charge in [0.05, 0.1) is 12.0 Å². The minimum atomic E-state index is -0.510. The van der Waals surface area contributed by atoms with Crippen molar-refractivity contribution in [2.75, 3.05) is 6.61 Å². The molecule has 1 N–H and O–H groups in total. The number of ketones is 1. The molecule has 0 spiro atoms. The highest BCUT2D eigenvalue weighted by atomic mass is 16.3. The van der Waals surface area contributed by atoms with Crippen molar-refractivity contribution in [3.63, 3.8) is 0 Å². The maximum atomic E-state index is 11.1. The molecule has 10 heavy (non-hydrogen) atoms. The van der Waals surface area contributed by atoms with Crippen molar-refractivity contribution in [3.05, 3.63) is 11.6 Å². The van der Waals surface area contributed by atoms with E-state index in [1.54, 1.807) is 13.0 Å². The SMILES string of the molecule is CC1=CC(=O)C(C)(CO)C1. The van der Waals surface area contributed by atoms with Gasteiger partial charge in [-0.25, -0.2) is 0 Å². The normalized spacial score (nSPS) is 32.7. The van der Waals surface area contributed by atoms with Crippen LogP contribution in [0.4, 0.5) is 0 Å². The molecule has 1 atom stereocenters. The van der Waals surface area contributed by atoms with Gasteiger partial charge in [-0.3, -0.25) is 4.79 Å². The van der Waals surface area contributed by atoms with Crippen LogP contribution in [0.3, 0.4) is 0 Å². The maximum absolute atomic E-state index is 11.1. The van der Waals surface area contributed by atoms with E-state index < -0.39 is 5.41 Å². The van der Waals surface area contributed by atoms with E-state index in [4.69, 9.17) is 5.11 Å². The Morgan fingerprint density at radius 1 is 1.80 bits per heavy atom. The Kier molecular flexibility index (Phi) is 1.65. The summed E-state index contributed by atoms with van der Waals surface area (Å²) in [7, 11) is 0. The van der Waals surface area contributed by atoms with Crippen molar-refractivity contribution in [1.82, 2.24) is 0 Å². The Balaban J connectivity index is 2.81. The molecule has 1 rings (SSSR count). The Bertz CT molecular complexity index is 193. The lowest BCUT2D eigenvalue weighted by molar-refractivity contribution is -0.123. The van der Waals surface area contributed by atoms with E-state index in [1.165, 1.54) is 0 Å². The molecular weight excluding hydrogens is 128 g/mol. The van der Waals surface area contributed by atoms with Gasteiger partial charge < -0.3 is 5.11 Å². The van der Waals surface area contributed by atoms with Gasteiger partial charge in [-0.1, -0.05) is 5.57 Å². The first kappa shape index (κ1) is 7.48. The van der Waals surface area contributed by atoms with Gasteiger partial charge in [-0.05, 0) is 26.3 Å². The van der Waals surface area contributed by atoms with Crippen molar-refractivity contribution < 1.29 is 9.90 Å². The average Bonchev–Trinajstić information content (AvgIpc) is 2.09. The van der Waals surface area contributed by atoms with Crippen LogP contribution in [0.15, 0.2) is 11.6 Å². The van der Waals surface area contributed by atoms with Crippen LogP contribution in [0.25, 0.3) is 0 Å². The zero-order chi connectivity index (χ0) is 7.78. The van der Waals surface area contributed by atoms with Gasteiger partial charge in [0.15, 0.2) is 5.78 Å². The third-order valence-electron chi connectivity index (χ3n) is 1.99. The van der Waals surface area contributed by atoms with Gasteiger partial charge in [-0.2, -0.15) is 0 Å². The first-order valence-corrected chi connectivity index (χ1v) is 3.41. The summed E-state index contributed by atoms with van der Waals surface area (Å²) in [6, 6.07) is 0. The molecule has 2 nitrogen and oxygen atoms in total. The molecule has 0 aromatic heterocycles. The maximum Gasteiger partial charge on any atom is 0.164 e. The lowest BCUT2D eigenvalue weighted by Crippen LogP contribution is -2.26. The number of allylic oxidation sites excluding steroid dienone is 2. The number of aliphatic hydroxyl groups excluding tert-OH is 1. The van der Waals surface area contributed by atoms with E-state index in [-0.39, 0.29) is 12.4 Å². The number of carbonyl (C=O) groups is 1. The first-order chi connectivity index (χ1) is 4.58. The van der Waals surface area contributed by atoms with Gasteiger partial charge in [-0.15, -0.1) is 0 Å². The van der Waals surface area contributed by atoms with Gasteiger partial charge in [0.1, 0.15) is 0 Å².